The topological polar surface area (TPSA) is 12.4 Å². The van der Waals surface area contributed by atoms with Crippen LogP contribution in [0.25, 0.3) is 0 Å². The van der Waals surface area contributed by atoms with Crippen molar-refractivity contribution in [3.8, 4) is 0 Å². The number of hydrogen-bond acceptors (Lipinski definition) is 1. The highest BCUT2D eigenvalue weighted by molar-refractivity contribution is 6.42. The van der Waals surface area contributed by atoms with Crippen LogP contribution in [0.2, 0.25) is 15.1 Å². The Balaban J connectivity index is 2.26. The summed E-state index contributed by atoms with van der Waals surface area (Å²) in [6, 6.07) is 12.7. The zero-order valence-corrected chi connectivity index (χ0v) is 11.0. The summed E-state index contributed by atoms with van der Waals surface area (Å²) < 4.78 is 0. The van der Waals surface area contributed by atoms with Crippen molar-refractivity contribution in [1.29, 1.82) is 0 Å². The summed E-state index contributed by atoms with van der Waals surface area (Å²) in [5, 5.41) is 1.65. The van der Waals surface area contributed by atoms with Crippen LogP contribution >= 0.6 is 34.8 Å². The van der Waals surface area contributed by atoms with Gasteiger partial charge in [0.1, 0.15) is 0 Å². The highest BCUT2D eigenvalue weighted by Gasteiger charge is 1.98. The van der Waals surface area contributed by atoms with Crippen molar-refractivity contribution < 1.29 is 0 Å². The lowest BCUT2D eigenvalue weighted by atomic mass is 10.2. The Hall–Kier alpha value is -1.02. The van der Waals surface area contributed by atoms with Gasteiger partial charge in [0.05, 0.1) is 20.8 Å². The summed E-state index contributed by atoms with van der Waals surface area (Å²) >= 11 is 17.7. The Morgan fingerprint density at radius 2 is 1.59 bits per heavy atom. The van der Waals surface area contributed by atoms with Crippen LogP contribution < -0.4 is 0 Å². The third kappa shape index (κ3) is 3.22. The van der Waals surface area contributed by atoms with E-state index in [1.807, 2.05) is 24.3 Å². The zero-order chi connectivity index (χ0) is 12.3. The van der Waals surface area contributed by atoms with Gasteiger partial charge in [0.25, 0.3) is 0 Å². The van der Waals surface area contributed by atoms with Crippen LogP contribution in [0.1, 0.15) is 5.56 Å². The molecule has 0 saturated carbocycles. The van der Waals surface area contributed by atoms with E-state index < -0.39 is 0 Å². The molecule has 0 fully saturated rings. The van der Waals surface area contributed by atoms with E-state index in [0.29, 0.717) is 15.1 Å². The molecule has 0 atom stereocenters. The molecule has 0 N–H and O–H groups in total. The molecule has 0 heterocycles. The second-order valence-corrected chi connectivity index (χ2v) is 4.60. The molecule has 0 aliphatic rings. The number of rotatable bonds is 2. The van der Waals surface area contributed by atoms with Gasteiger partial charge in [-0.3, -0.25) is 4.99 Å². The zero-order valence-electron chi connectivity index (χ0n) is 8.70. The minimum Gasteiger partial charge on any atom is -0.255 e. The van der Waals surface area contributed by atoms with Crippen LogP contribution in [0.4, 0.5) is 5.69 Å². The summed E-state index contributed by atoms with van der Waals surface area (Å²) in [5.41, 5.74) is 1.60. The molecule has 0 radical (unpaired) electrons. The minimum absolute atomic E-state index is 0.509. The molecule has 2 aromatic carbocycles. The van der Waals surface area contributed by atoms with Gasteiger partial charge in [-0.1, -0.05) is 53.0 Å². The molecule has 0 aromatic heterocycles. The van der Waals surface area contributed by atoms with Crippen LogP contribution in [0, 0.1) is 0 Å². The Labute approximate surface area is 115 Å². The van der Waals surface area contributed by atoms with Crippen molar-refractivity contribution in [2.45, 2.75) is 0 Å². The molecule has 4 heteroatoms. The summed E-state index contributed by atoms with van der Waals surface area (Å²) in [6.07, 6.45) is 1.70. The van der Waals surface area contributed by atoms with E-state index in [2.05, 4.69) is 4.99 Å². The first kappa shape index (κ1) is 12.4. The van der Waals surface area contributed by atoms with E-state index in [0.717, 1.165) is 11.3 Å². The highest BCUT2D eigenvalue weighted by atomic mass is 35.5. The summed E-state index contributed by atoms with van der Waals surface area (Å²) in [7, 11) is 0. The molecule has 0 saturated heterocycles. The Kier molecular flexibility index (Phi) is 4.06. The SMILES string of the molecule is Clc1ccc(/C=N/c2ccccc2Cl)cc1Cl. The van der Waals surface area contributed by atoms with Gasteiger partial charge < -0.3 is 0 Å². The molecule has 2 rings (SSSR count). The minimum atomic E-state index is 0.509. The molecule has 0 aliphatic carbocycles. The normalized spacial score (nSPS) is 11.0. The maximum Gasteiger partial charge on any atom is 0.0816 e. The molecule has 0 unspecified atom stereocenters. The van der Waals surface area contributed by atoms with Crippen molar-refractivity contribution in [1.82, 2.24) is 0 Å². The van der Waals surface area contributed by atoms with Crippen molar-refractivity contribution in [3.63, 3.8) is 0 Å². The number of halogens is 3. The first-order valence-electron chi connectivity index (χ1n) is 4.90. The Bertz CT molecular complexity index is 564. The average Bonchev–Trinajstić information content (AvgIpc) is 2.32. The highest BCUT2D eigenvalue weighted by Crippen LogP contribution is 2.25. The number of hydrogen-bond donors (Lipinski definition) is 0. The first-order chi connectivity index (χ1) is 8.16. The Morgan fingerprint density at radius 1 is 0.824 bits per heavy atom. The molecule has 0 spiro atoms. The predicted octanol–water partition coefficient (Wildman–Crippen LogP) is 5.40. The van der Waals surface area contributed by atoms with E-state index >= 15 is 0 Å². The smallest absolute Gasteiger partial charge is 0.0816 e. The molecule has 0 aliphatic heterocycles. The first-order valence-corrected chi connectivity index (χ1v) is 6.04. The standard InChI is InChI=1S/C13H8Cl3N/c14-10-6-5-9(7-12(10)16)8-17-13-4-2-1-3-11(13)15/h1-8H/b17-8+. The molecule has 17 heavy (non-hydrogen) atoms. The maximum atomic E-state index is 5.99. The van der Waals surface area contributed by atoms with Gasteiger partial charge in [0.15, 0.2) is 0 Å². The fraction of sp³-hybridized carbons (Fsp3) is 0. The Morgan fingerprint density at radius 3 is 2.29 bits per heavy atom. The molecule has 1 nitrogen and oxygen atoms in total. The number of para-hydroxylation sites is 1. The third-order valence-electron chi connectivity index (χ3n) is 2.15. The van der Waals surface area contributed by atoms with Crippen LogP contribution in [0.5, 0.6) is 0 Å². The van der Waals surface area contributed by atoms with E-state index in [1.54, 1.807) is 24.4 Å². The van der Waals surface area contributed by atoms with E-state index in [4.69, 9.17) is 34.8 Å². The quantitative estimate of drug-likeness (QED) is 0.655. The monoisotopic (exact) mass is 283 g/mol. The van der Waals surface area contributed by atoms with Gasteiger partial charge >= 0.3 is 0 Å². The maximum absolute atomic E-state index is 5.99. The fourth-order valence-electron chi connectivity index (χ4n) is 1.29. The summed E-state index contributed by atoms with van der Waals surface area (Å²) in [4.78, 5) is 4.29. The lowest BCUT2D eigenvalue weighted by Gasteiger charge is -1.98. The van der Waals surface area contributed by atoms with Crippen molar-refractivity contribution in [3.05, 3.63) is 63.1 Å². The molecule has 2 aromatic rings. The van der Waals surface area contributed by atoms with Gasteiger partial charge in [-0.15, -0.1) is 0 Å². The number of aliphatic imine (C=N–C) groups is 1. The van der Waals surface area contributed by atoms with E-state index in [-0.39, 0.29) is 0 Å². The van der Waals surface area contributed by atoms with Gasteiger partial charge in [-0.25, -0.2) is 0 Å². The van der Waals surface area contributed by atoms with Crippen LogP contribution in [-0.4, -0.2) is 6.21 Å². The van der Waals surface area contributed by atoms with Crippen molar-refractivity contribution >= 4 is 46.7 Å². The molecule has 0 bridgehead atoms. The molecular formula is C13H8Cl3N. The summed E-state index contributed by atoms with van der Waals surface area (Å²) in [5.74, 6) is 0. The lowest BCUT2D eigenvalue weighted by molar-refractivity contribution is 1.52. The second-order valence-electron chi connectivity index (χ2n) is 3.38. The van der Waals surface area contributed by atoms with Gasteiger partial charge in [-0.2, -0.15) is 0 Å². The van der Waals surface area contributed by atoms with Gasteiger partial charge in [0.2, 0.25) is 0 Å². The second kappa shape index (κ2) is 5.54. The van der Waals surface area contributed by atoms with Crippen molar-refractivity contribution in [2.75, 3.05) is 0 Å². The largest absolute Gasteiger partial charge is 0.255 e. The third-order valence-corrected chi connectivity index (χ3v) is 3.21. The lowest BCUT2D eigenvalue weighted by Crippen LogP contribution is -1.81. The number of benzene rings is 2. The predicted molar refractivity (Wildman–Crippen MR) is 75.2 cm³/mol. The molecule has 0 amide bonds. The van der Waals surface area contributed by atoms with Crippen LogP contribution in [0.3, 0.4) is 0 Å². The molecule has 86 valence electrons. The van der Waals surface area contributed by atoms with Crippen LogP contribution in [-0.2, 0) is 0 Å². The van der Waals surface area contributed by atoms with Gasteiger partial charge in [-0.05, 0) is 29.8 Å². The summed E-state index contributed by atoms with van der Waals surface area (Å²) in [6.45, 7) is 0. The number of nitrogens with zero attached hydrogens (tertiary/aromatic N) is 1. The fourth-order valence-corrected chi connectivity index (χ4v) is 1.78. The van der Waals surface area contributed by atoms with E-state index in [9.17, 15) is 0 Å². The van der Waals surface area contributed by atoms with E-state index in [1.165, 1.54) is 0 Å². The molecular weight excluding hydrogens is 277 g/mol. The van der Waals surface area contributed by atoms with Crippen LogP contribution in [0.15, 0.2) is 47.5 Å². The average molecular weight is 285 g/mol. The van der Waals surface area contributed by atoms with Crippen molar-refractivity contribution in [2.24, 2.45) is 4.99 Å². The van der Waals surface area contributed by atoms with Gasteiger partial charge in [0, 0.05) is 6.21 Å².